The van der Waals surface area contributed by atoms with Crippen LogP contribution in [0.2, 0.25) is 0 Å². The van der Waals surface area contributed by atoms with E-state index in [2.05, 4.69) is 23.4 Å². The van der Waals surface area contributed by atoms with Gasteiger partial charge in [-0.05, 0) is 62.9 Å². The normalized spacial score (nSPS) is 12.9. The fourth-order valence-electron chi connectivity index (χ4n) is 3.95. The first-order valence-electron chi connectivity index (χ1n) is 10.7. The molecule has 0 amide bonds. The summed E-state index contributed by atoms with van der Waals surface area (Å²) in [6, 6.07) is 12.1. The molecule has 0 unspecified atom stereocenters. The van der Waals surface area contributed by atoms with Gasteiger partial charge in [-0.2, -0.15) is 0 Å². The summed E-state index contributed by atoms with van der Waals surface area (Å²) in [6.07, 6.45) is 1.97. The number of pyridine rings is 1. The van der Waals surface area contributed by atoms with E-state index in [9.17, 15) is 24.5 Å². The number of carbonyl (C=O) groups excluding carboxylic acids is 1. The molecule has 0 bridgehead atoms. The Morgan fingerprint density at radius 1 is 1.12 bits per heavy atom. The molecule has 3 aromatic rings. The molecular weight excluding hydrogens is 434 g/mol. The Kier molecular flexibility index (Phi) is 10.3. The first-order valence-corrected chi connectivity index (χ1v) is 10.7. The first kappa shape index (κ1) is 27.2. The van der Waals surface area contributed by atoms with Gasteiger partial charge in [-0.3, -0.25) is 4.98 Å². The van der Waals surface area contributed by atoms with Crippen LogP contribution in [-0.2, 0) is 11.2 Å². The summed E-state index contributed by atoms with van der Waals surface area (Å²) in [4.78, 5) is 15.2. The molecule has 2 atom stereocenters. The average Bonchev–Trinajstić information content (AvgIpc) is 3.12. The van der Waals surface area contributed by atoms with Crippen LogP contribution in [-0.4, -0.2) is 37.9 Å². The third-order valence-corrected chi connectivity index (χ3v) is 5.43. The molecule has 170 valence electrons. The third kappa shape index (κ3) is 7.22. The molecule has 0 radical (unpaired) electrons. The quantitative estimate of drug-likeness (QED) is 0.418. The molecule has 1 aromatic carbocycles. The number of aliphatic hydroxyl groups excluding tert-OH is 2. The molecule has 2 aromatic heterocycles. The molecule has 6 nitrogen and oxygen atoms in total. The molecule has 0 saturated carbocycles. The van der Waals surface area contributed by atoms with Crippen molar-refractivity contribution in [3.8, 4) is 22.4 Å². The Morgan fingerprint density at radius 3 is 2.39 bits per heavy atom. The van der Waals surface area contributed by atoms with Crippen LogP contribution in [0.25, 0.3) is 22.4 Å². The molecule has 0 fully saturated rings. The van der Waals surface area contributed by atoms with Gasteiger partial charge in [0.05, 0.1) is 17.9 Å². The number of aliphatic carboxylic acids is 1. The summed E-state index contributed by atoms with van der Waals surface area (Å²) in [5, 5.41) is 30.9. The van der Waals surface area contributed by atoms with Crippen LogP contribution < -0.4 is 34.7 Å². The van der Waals surface area contributed by atoms with Gasteiger partial charge >= 0.3 is 29.6 Å². The second kappa shape index (κ2) is 12.4. The molecule has 0 aliphatic heterocycles. The van der Waals surface area contributed by atoms with Crippen LogP contribution in [0.4, 0.5) is 4.39 Å². The van der Waals surface area contributed by atoms with Crippen molar-refractivity contribution in [2.24, 2.45) is 0 Å². The van der Waals surface area contributed by atoms with Crippen molar-refractivity contribution < 1.29 is 54.1 Å². The summed E-state index contributed by atoms with van der Waals surface area (Å²) in [5.41, 5.74) is 4.42. The minimum atomic E-state index is -1.35. The van der Waals surface area contributed by atoms with Crippen molar-refractivity contribution in [1.29, 1.82) is 0 Å². The number of nitrogens with zero attached hydrogens (tertiary/aromatic N) is 2. The number of aliphatic hydroxyl groups is 2. The first-order chi connectivity index (χ1) is 15.3. The third-order valence-electron chi connectivity index (χ3n) is 5.43. The fourth-order valence-corrected chi connectivity index (χ4v) is 3.95. The van der Waals surface area contributed by atoms with E-state index in [-0.39, 0.29) is 47.8 Å². The predicted molar refractivity (Wildman–Crippen MR) is 118 cm³/mol. The molecule has 0 aliphatic rings. The van der Waals surface area contributed by atoms with E-state index in [1.54, 1.807) is 18.3 Å². The van der Waals surface area contributed by atoms with Crippen molar-refractivity contribution in [2.45, 2.75) is 57.8 Å². The molecule has 0 spiro atoms. The van der Waals surface area contributed by atoms with E-state index in [0.717, 1.165) is 28.1 Å². The van der Waals surface area contributed by atoms with Crippen LogP contribution in [0.3, 0.4) is 0 Å². The zero-order valence-electron chi connectivity index (χ0n) is 19.2. The molecule has 33 heavy (non-hydrogen) atoms. The van der Waals surface area contributed by atoms with Crippen molar-refractivity contribution >= 4 is 5.97 Å². The molecule has 0 saturated heterocycles. The number of halogens is 1. The van der Waals surface area contributed by atoms with E-state index in [0.29, 0.717) is 12.8 Å². The topological polar surface area (TPSA) is 98.4 Å². The SMILES string of the molecule is CC(C)n1cc(-c2ccccn2)c(-c2ccc(F)cc2)c1CC[C@@H](O)C[C@@H](O)CC(=O)[O-].[Na+]. The number of carboxylic acid groups (broad SMARTS) is 1. The molecule has 2 N–H and O–H groups in total. The van der Waals surface area contributed by atoms with Gasteiger partial charge in [0.2, 0.25) is 0 Å². The van der Waals surface area contributed by atoms with Crippen molar-refractivity contribution in [1.82, 2.24) is 9.55 Å². The Bertz CT molecular complexity index is 1040. The van der Waals surface area contributed by atoms with Crippen LogP contribution in [0.5, 0.6) is 0 Å². The van der Waals surface area contributed by atoms with Crippen molar-refractivity contribution in [3.63, 3.8) is 0 Å². The zero-order chi connectivity index (χ0) is 23.3. The minimum Gasteiger partial charge on any atom is -0.550 e. The Hall–Kier alpha value is -2.03. The monoisotopic (exact) mass is 462 g/mol. The van der Waals surface area contributed by atoms with Crippen molar-refractivity contribution in [3.05, 3.63) is 66.4 Å². The summed E-state index contributed by atoms with van der Waals surface area (Å²) in [5.74, 6) is -1.67. The predicted octanol–water partition coefficient (Wildman–Crippen LogP) is 0.126. The Morgan fingerprint density at radius 2 is 1.82 bits per heavy atom. The van der Waals surface area contributed by atoms with Gasteiger partial charge < -0.3 is 24.7 Å². The van der Waals surface area contributed by atoms with E-state index in [4.69, 9.17) is 0 Å². The fraction of sp³-hybridized carbons (Fsp3) is 0.360. The molecule has 2 heterocycles. The smallest absolute Gasteiger partial charge is 0.550 e. The number of carbonyl (C=O) groups is 1. The zero-order valence-corrected chi connectivity index (χ0v) is 21.2. The van der Waals surface area contributed by atoms with E-state index >= 15 is 0 Å². The number of hydrogen-bond donors (Lipinski definition) is 2. The van der Waals surface area contributed by atoms with Gasteiger partial charge in [0.15, 0.2) is 0 Å². The molecule has 8 heteroatoms. The molecule has 3 rings (SSSR count). The number of carboxylic acids is 1. The van der Waals surface area contributed by atoms with Crippen LogP contribution >= 0.6 is 0 Å². The summed E-state index contributed by atoms with van der Waals surface area (Å²) < 4.78 is 15.7. The van der Waals surface area contributed by atoms with Gasteiger partial charge in [0.25, 0.3) is 0 Å². The molecule has 0 aliphatic carbocycles. The second-order valence-corrected chi connectivity index (χ2v) is 8.25. The van der Waals surface area contributed by atoms with E-state index in [1.165, 1.54) is 12.1 Å². The van der Waals surface area contributed by atoms with Gasteiger partial charge in [-0.1, -0.05) is 18.2 Å². The average molecular weight is 462 g/mol. The van der Waals surface area contributed by atoms with E-state index < -0.39 is 24.6 Å². The van der Waals surface area contributed by atoms with Gasteiger partial charge in [0.1, 0.15) is 5.82 Å². The number of hydrogen-bond acceptors (Lipinski definition) is 5. The van der Waals surface area contributed by atoms with Gasteiger partial charge in [-0.15, -0.1) is 0 Å². The van der Waals surface area contributed by atoms with Crippen LogP contribution in [0.1, 0.15) is 44.8 Å². The number of aromatic nitrogens is 2. The van der Waals surface area contributed by atoms with Crippen molar-refractivity contribution in [2.75, 3.05) is 0 Å². The standard InChI is InChI=1S/C25H29FN2O4.Na/c1-16(2)28-15-21(22-5-3-4-12-27-22)25(17-6-8-18(26)9-7-17)23(28)11-10-19(29)13-20(30)14-24(31)32;/h3-9,12,15-16,19-20,29-30H,10-11,13-14H2,1-2H3,(H,31,32);/q;+1/p-1/t19-,20-;/m1./s1. The van der Waals surface area contributed by atoms with E-state index in [1.807, 2.05) is 24.4 Å². The van der Waals surface area contributed by atoms with Gasteiger partial charge in [-0.25, -0.2) is 4.39 Å². The summed E-state index contributed by atoms with van der Waals surface area (Å²) in [6.45, 7) is 4.11. The number of benzene rings is 1. The maximum absolute atomic E-state index is 13.6. The second-order valence-electron chi connectivity index (χ2n) is 8.25. The minimum absolute atomic E-state index is 0. The Balaban J connectivity index is 0.00000385. The van der Waals surface area contributed by atoms with Gasteiger partial charge in [0, 0.05) is 47.6 Å². The summed E-state index contributed by atoms with van der Waals surface area (Å²) in [7, 11) is 0. The number of rotatable bonds is 10. The van der Waals surface area contributed by atoms with Crippen LogP contribution in [0.15, 0.2) is 54.9 Å². The summed E-state index contributed by atoms with van der Waals surface area (Å²) >= 11 is 0. The largest absolute Gasteiger partial charge is 1.00 e. The molecular formula is C25H28FN2NaO4. The maximum atomic E-state index is 13.6. The Labute approximate surface area is 215 Å². The maximum Gasteiger partial charge on any atom is 1.00 e. The van der Waals surface area contributed by atoms with Crippen LogP contribution in [0, 0.1) is 5.82 Å².